The lowest BCUT2D eigenvalue weighted by molar-refractivity contribution is 0.0793. The van der Waals surface area contributed by atoms with Crippen LogP contribution in [0.4, 0.5) is 0 Å². The summed E-state index contributed by atoms with van der Waals surface area (Å²) in [4.78, 5) is 0. The summed E-state index contributed by atoms with van der Waals surface area (Å²) in [5, 5.41) is 25.7. The van der Waals surface area contributed by atoms with Crippen molar-refractivity contribution in [2.75, 3.05) is 0 Å². The van der Waals surface area contributed by atoms with Crippen LogP contribution in [0.15, 0.2) is 0 Å². The lowest BCUT2D eigenvalue weighted by Gasteiger charge is -2.32. The second-order valence-corrected chi connectivity index (χ2v) is 2.32. The van der Waals surface area contributed by atoms with Crippen molar-refractivity contribution >= 4 is 36.6 Å². The van der Waals surface area contributed by atoms with Crippen LogP contribution in [0.3, 0.4) is 0 Å². The molecule has 2 bridgehead atoms. The summed E-state index contributed by atoms with van der Waals surface area (Å²) < 4.78 is 27.5. The Labute approximate surface area is 80.1 Å². The van der Waals surface area contributed by atoms with Crippen LogP contribution >= 0.6 is 0 Å². The van der Waals surface area contributed by atoms with E-state index in [4.69, 9.17) is 19.6 Å². The van der Waals surface area contributed by atoms with Gasteiger partial charge >= 0.3 is 36.6 Å². The van der Waals surface area contributed by atoms with Gasteiger partial charge in [0, 0.05) is 0 Å². The van der Waals surface area contributed by atoms with Crippen LogP contribution in [0.5, 0.6) is 0 Å². The fourth-order valence-electron chi connectivity index (χ4n) is 0.882. The van der Waals surface area contributed by atoms with Crippen LogP contribution in [-0.4, -0.2) is 51.7 Å². The Bertz CT molecular complexity index is 178. The zero-order valence-electron chi connectivity index (χ0n) is 6.68. The van der Waals surface area contributed by atoms with Crippen LogP contribution in [0, 0.1) is 0 Å². The average Bonchev–Trinajstić information content (AvgIpc) is 1.99. The molecule has 0 aromatic heterocycles. The van der Waals surface area contributed by atoms with Crippen molar-refractivity contribution in [1.29, 1.82) is 0 Å². The highest BCUT2D eigenvalue weighted by Gasteiger charge is 2.54. The molecule has 14 heteroatoms. The van der Waals surface area contributed by atoms with Gasteiger partial charge in [-0.05, 0) is 0 Å². The molecule has 2 fully saturated rings. The summed E-state index contributed by atoms with van der Waals surface area (Å²) in [6.45, 7) is 0. The molecule has 0 aromatic carbocycles. The molecule has 2 aliphatic rings. The maximum absolute atomic E-state index is 8.86. The van der Waals surface area contributed by atoms with Crippen molar-refractivity contribution < 1.29 is 42.5 Å². The summed E-state index contributed by atoms with van der Waals surface area (Å²) in [5.41, 5.74) is 0. The van der Waals surface area contributed by atoms with Gasteiger partial charge in [-0.2, -0.15) is 0 Å². The average molecular weight is 201 g/mol. The second-order valence-electron chi connectivity index (χ2n) is 2.32. The molecular weight excluding hydrogens is 198 g/mol. The summed E-state index contributed by atoms with van der Waals surface area (Å²) in [5.74, 6) is 0. The SMILES string of the molecule is OB(O)OB1OB2OB(O)OB(O1)O2. The number of hydrogen-bond donors (Lipinski definition) is 3. The lowest BCUT2D eigenvalue weighted by atomic mass is 9.89. The number of fused-ring (bicyclic) bond motifs is 2. The van der Waals surface area contributed by atoms with Crippen molar-refractivity contribution in [3.8, 4) is 0 Å². The van der Waals surface area contributed by atoms with Crippen LogP contribution < -0.4 is 0 Å². The predicted molar refractivity (Wildman–Crippen MR) is 41.9 cm³/mol. The molecule has 0 saturated carbocycles. The van der Waals surface area contributed by atoms with Crippen molar-refractivity contribution in [1.82, 2.24) is 0 Å². The highest BCUT2D eigenvalue weighted by molar-refractivity contribution is 6.75. The van der Waals surface area contributed by atoms with Crippen molar-refractivity contribution in [3.63, 3.8) is 0 Å². The first-order valence-electron chi connectivity index (χ1n) is 3.60. The van der Waals surface area contributed by atoms with Gasteiger partial charge in [0.25, 0.3) is 0 Å². The molecule has 72 valence electrons. The van der Waals surface area contributed by atoms with E-state index in [1.54, 1.807) is 0 Å². The largest absolute Gasteiger partial charge is 0.621 e. The van der Waals surface area contributed by atoms with Gasteiger partial charge in [0.05, 0.1) is 0 Å². The molecule has 0 radical (unpaired) electrons. The molecule has 2 heterocycles. The van der Waals surface area contributed by atoms with Crippen molar-refractivity contribution in [2.24, 2.45) is 0 Å². The molecule has 2 rings (SSSR count). The molecular formula is H3B5O9. The maximum Gasteiger partial charge on any atom is 0.621 e. The van der Waals surface area contributed by atoms with Gasteiger partial charge in [0.15, 0.2) is 0 Å². The second kappa shape index (κ2) is 4.22. The van der Waals surface area contributed by atoms with E-state index in [0.29, 0.717) is 0 Å². The summed E-state index contributed by atoms with van der Waals surface area (Å²) in [6.07, 6.45) is 0. The van der Waals surface area contributed by atoms with E-state index in [9.17, 15) is 0 Å². The number of rotatable bonds is 2. The van der Waals surface area contributed by atoms with Crippen molar-refractivity contribution in [2.45, 2.75) is 0 Å². The zero-order valence-corrected chi connectivity index (χ0v) is 6.68. The van der Waals surface area contributed by atoms with E-state index in [1.807, 2.05) is 0 Å². The van der Waals surface area contributed by atoms with E-state index in [0.717, 1.165) is 0 Å². The van der Waals surface area contributed by atoms with Crippen LogP contribution in [0.1, 0.15) is 0 Å². The Hall–Kier alpha value is -0.0353. The van der Waals surface area contributed by atoms with E-state index in [2.05, 4.69) is 22.9 Å². The molecule has 0 aromatic rings. The van der Waals surface area contributed by atoms with Crippen LogP contribution in [0.25, 0.3) is 0 Å². The molecule has 2 saturated heterocycles. The molecule has 2 aliphatic heterocycles. The molecule has 0 aliphatic carbocycles. The normalized spacial score (nSPS) is 21.6. The van der Waals surface area contributed by atoms with Gasteiger partial charge < -0.3 is 42.5 Å². The van der Waals surface area contributed by atoms with E-state index >= 15 is 0 Å². The lowest BCUT2D eigenvalue weighted by Crippen LogP contribution is -2.61. The van der Waals surface area contributed by atoms with Gasteiger partial charge in [-0.1, -0.05) is 0 Å². The molecule has 0 amide bonds. The number of hydrogen-bond acceptors (Lipinski definition) is 9. The molecule has 3 N–H and O–H groups in total. The Morgan fingerprint density at radius 1 is 0.929 bits per heavy atom. The maximum atomic E-state index is 8.86. The monoisotopic (exact) mass is 202 g/mol. The Morgan fingerprint density at radius 2 is 1.50 bits per heavy atom. The highest BCUT2D eigenvalue weighted by Crippen LogP contribution is 2.16. The summed E-state index contributed by atoms with van der Waals surface area (Å²) >= 11 is 0. The first kappa shape index (κ1) is 10.5. The summed E-state index contributed by atoms with van der Waals surface area (Å²) in [7, 11) is -7.50. The first-order valence-corrected chi connectivity index (χ1v) is 3.60. The van der Waals surface area contributed by atoms with Crippen LogP contribution in [-0.2, 0) is 27.4 Å². The minimum absolute atomic E-state index is 1.25. The van der Waals surface area contributed by atoms with Crippen molar-refractivity contribution in [3.05, 3.63) is 0 Å². The standard InChI is InChI=1S/B5H3O9/c6-1(7)9-3-12-4-10-2(8)11-5(13-3)14-4/h6-8H. The van der Waals surface area contributed by atoms with Gasteiger partial charge in [-0.3, -0.25) is 0 Å². The topological polar surface area (TPSA) is 116 Å². The van der Waals surface area contributed by atoms with Crippen LogP contribution in [0.2, 0.25) is 0 Å². The fraction of sp³-hybridized carbons (Fsp3) is 0. The summed E-state index contributed by atoms with van der Waals surface area (Å²) in [6, 6.07) is 0. The van der Waals surface area contributed by atoms with Gasteiger partial charge in [-0.15, -0.1) is 0 Å². The fourth-order valence-corrected chi connectivity index (χ4v) is 0.882. The molecule has 9 nitrogen and oxygen atoms in total. The Balaban J connectivity index is 1.89. The van der Waals surface area contributed by atoms with Gasteiger partial charge in [0.2, 0.25) is 0 Å². The molecule has 0 spiro atoms. The van der Waals surface area contributed by atoms with E-state index < -0.39 is 36.6 Å². The van der Waals surface area contributed by atoms with E-state index in [1.165, 1.54) is 0 Å². The van der Waals surface area contributed by atoms with Gasteiger partial charge in [-0.25, -0.2) is 0 Å². The molecule has 14 heavy (non-hydrogen) atoms. The third kappa shape index (κ3) is 2.50. The minimum atomic E-state index is -2.07. The predicted octanol–water partition coefficient (Wildman–Crippen LogP) is -3.99. The third-order valence-electron chi connectivity index (χ3n) is 1.35. The highest BCUT2D eigenvalue weighted by atomic mass is 16.9. The molecule has 0 atom stereocenters. The smallest absolute Gasteiger partial charge is 0.403 e. The van der Waals surface area contributed by atoms with Gasteiger partial charge in [0.1, 0.15) is 0 Å². The first-order chi connectivity index (χ1) is 6.63. The van der Waals surface area contributed by atoms with E-state index in [-0.39, 0.29) is 0 Å². The third-order valence-corrected chi connectivity index (χ3v) is 1.35. The molecule has 0 unspecified atom stereocenters. The quantitative estimate of drug-likeness (QED) is 0.384. The zero-order chi connectivity index (χ0) is 10.1. The Kier molecular flexibility index (Phi) is 3.16. The Morgan fingerprint density at radius 3 is 2.00 bits per heavy atom. The minimum Gasteiger partial charge on any atom is -0.403 e.